The van der Waals surface area contributed by atoms with Gasteiger partial charge in [-0.3, -0.25) is 4.79 Å². The number of benzene rings is 2. The van der Waals surface area contributed by atoms with E-state index in [1.54, 1.807) is 18.3 Å². The first-order valence-electron chi connectivity index (χ1n) is 7.66. The molecule has 0 saturated carbocycles. The first-order valence-corrected chi connectivity index (χ1v) is 7.66. The van der Waals surface area contributed by atoms with Crippen LogP contribution in [-0.4, -0.2) is 34.3 Å². The lowest BCUT2D eigenvalue weighted by Crippen LogP contribution is -2.35. The Hall–Kier alpha value is -3.15. The Labute approximate surface area is 139 Å². The topological polar surface area (TPSA) is 60.2 Å². The van der Waals surface area contributed by atoms with Crippen LogP contribution in [0.4, 0.5) is 5.69 Å². The molecule has 1 unspecified atom stereocenters. The molecular formula is C18H16N4O2. The van der Waals surface area contributed by atoms with E-state index in [1.807, 2.05) is 41.1 Å². The lowest BCUT2D eigenvalue weighted by molar-refractivity contribution is -0.120. The average molecular weight is 320 g/mol. The standard InChI is InChI=1S/C18H16N4O2/c1-21-15-9-14(7-8-16(15)24-10-17(21)23)18(22-12-19-11-20-22)13-5-3-2-4-6-13/h2-9,11-12,18H,10H2,1H3. The molecule has 0 aliphatic carbocycles. The van der Waals surface area contributed by atoms with E-state index in [1.165, 1.54) is 6.33 Å². The number of ether oxygens (including phenoxy) is 1. The molecule has 24 heavy (non-hydrogen) atoms. The zero-order valence-electron chi connectivity index (χ0n) is 13.2. The quantitative estimate of drug-likeness (QED) is 0.743. The normalized spacial score (nSPS) is 14.9. The van der Waals surface area contributed by atoms with Gasteiger partial charge in [0.15, 0.2) is 6.61 Å². The van der Waals surface area contributed by atoms with E-state index in [-0.39, 0.29) is 18.6 Å². The van der Waals surface area contributed by atoms with Gasteiger partial charge >= 0.3 is 0 Å². The zero-order valence-corrected chi connectivity index (χ0v) is 13.2. The van der Waals surface area contributed by atoms with Crippen molar-refractivity contribution in [2.24, 2.45) is 0 Å². The number of hydrogen-bond donors (Lipinski definition) is 0. The van der Waals surface area contributed by atoms with Gasteiger partial charge in [0.1, 0.15) is 24.4 Å². The van der Waals surface area contributed by atoms with Gasteiger partial charge < -0.3 is 9.64 Å². The van der Waals surface area contributed by atoms with Gasteiger partial charge in [0.05, 0.1) is 5.69 Å². The van der Waals surface area contributed by atoms with Gasteiger partial charge in [-0.2, -0.15) is 5.10 Å². The molecule has 6 nitrogen and oxygen atoms in total. The summed E-state index contributed by atoms with van der Waals surface area (Å²) in [5.41, 5.74) is 2.87. The van der Waals surface area contributed by atoms with Gasteiger partial charge in [-0.1, -0.05) is 36.4 Å². The minimum Gasteiger partial charge on any atom is -0.482 e. The fourth-order valence-electron chi connectivity index (χ4n) is 2.94. The number of fused-ring (bicyclic) bond motifs is 1. The highest BCUT2D eigenvalue weighted by atomic mass is 16.5. The SMILES string of the molecule is CN1C(=O)COc2ccc(C(c3ccccc3)n3cncn3)cc21. The van der Waals surface area contributed by atoms with Crippen LogP contribution in [-0.2, 0) is 4.79 Å². The fraction of sp³-hybridized carbons (Fsp3) is 0.167. The second-order valence-corrected chi connectivity index (χ2v) is 5.66. The number of anilines is 1. The number of likely N-dealkylation sites (N-methyl/N-ethyl adjacent to an activating group) is 1. The molecule has 1 aromatic heterocycles. The van der Waals surface area contributed by atoms with Gasteiger partial charge in [0, 0.05) is 7.05 Å². The molecule has 2 heterocycles. The first-order chi connectivity index (χ1) is 11.7. The van der Waals surface area contributed by atoms with Crippen LogP contribution in [0.2, 0.25) is 0 Å². The number of carbonyl (C=O) groups is 1. The van der Waals surface area contributed by atoms with E-state index in [0.29, 0.717) is 5.75 Å². The smallest absolute Gasteiger partial charge is 0.264 e. The minimum absolute atomic E-state index is 0.0586. The van der Waals surface area contributed by atoms with E-state index in [9.17, 15) is 4.79 Å². The summed E-state index contributed by atoms with van der Waals surface area (Å²) in [6.45, 7) is 0.0774. The molecule has 0 spiro atoms. The van der Waals surface area contributed by atoms with Crippen molar-refractivity contribution in [2.75, 3.05) is 18.6 Å². The van der Waals surface area contributed by atoms with Crippen LogP contribution in [0.25, 0.3) is 0 Å². The van der Waals surface area contributed by atoms with Crippen molar-refractivity contribution >= 4 is 11.6 Å². The van der Waals surface area contributed by atoms with E-state index in [2.05, 4.69) is 22.2 Å². The molecule has 1 amide bonds. The predicted octanol–water partition coefficient (Wildman–Crippen LogP) is 2.27. The third-order valence-corrected chi connectivity index (χ3v) is 4.20. The summed E-state index contributed by atoms with van der Waals surface area (Å²) < 4.78 is 7.32. The number of amides is 1. The molecular weight excluding hydrogens is 304 g/mol. The van der Waals surface area contributed by atoms with Crippen LogP contribution in [0, 0.1) is 0 Å². The third-order valence-electron chi connectivity index (χ3n) is 4.20. The highest BCUT2D eigenvalue weighted by Crippen LogP contribution is 2.36. The van der Waals surface area contributed by atoms with E-state index in [0.717, 1.165) is 16.8 Å². The Kier molecular flexibility index (Phi) is 3.49. The predicted molar refractivity (Wildman–Crippen MR) is 89.1 cm³/mol. The minimum atomic E-state index is -0.121. The second-order valence-electron chi connectivity index (χ2n) is 5.66. The van der Waals surface area contributed by atoms with E-state index < -0.39 is 0 Å². The summed E-state index contributed by atoms with van der Waals surface area (Å²) in [4.78, 5) is 17.6. The van der Waals surface area contributed by atoms with E-state index in [4.69, 9.17) is 4.74 Å². The Morgan fingerprint density at radius 2 is 1.96 bits per heavy atom. The van der Waals surface area contributed by atoms with E-state index >= 15 is 0 Å². The molecule has 3 aromatic rings. The molecule has 2 aromatic carbocycles. The molecule has 0 N–H and O–H groups in total. The van der Waals surface area contributed by atoms with Crippen LogP contribution in [0.3, 0.4) is 0 Å². The summed E-state index contributed by atoms with van der Waals surface area (Å²) >= 11 is 0. The van der Waals surface area contributed by atoms with Gasteiger partial charge in [-0.15, -0.1) is 0 Å². The molecule has 1 aliphatic heterocycles. The molecule has 0 bridgehead atoms. The molecule has 1 aliphatic rings. The maximum atomic E-state index is 11.9. The first kappa shape index (κ1) is 14.4. The fourth-order valence-corrected chi connectivity index (χ4v) is 2.94. The monoisotopic (exact) mass is 320 g/mol. The maximum Gasteiger partial charge on any atom is 0.264 e. The zero-order chi connectivity index (χ0) is 16.5. The van der Waals surface area contributed by atoms with Gasteiger partial charge in [-0.25, -0.2) is 9.67 Å². The Morgan fingerprint density at radius 3 is 2.71 bits per heavy atom. The summed E-state index contributed by atoms with van der Waals surface area (Å²) in [5.74, 6) is 0.655. The molecule has 0 fully saturated rings. The van der Waals surface area contributed by atoms with Crippen molar-refractivity contribution in [1.82, 2.24) is 14.8 Å². The molecule has 0 radical (unpaired) electrons. The molecule has 4 rings (SSSR count). The molecule has 1 atom stereocenters. The van der Waals surface area contributed by atoms with Gasteiger partial charge in [0.25, 0.3) is 5.91 Å². The lowest BCUT2D eigenvalue weighted by atomic mass is 9.97. The Morgan fingerprint density at radius 1 is 1.12 bits per heavy atom. The number of hydrogen-bond acceptors (Lipinski definition) is 4. The highest BCUT2D eigenvalue weighted by Gasteiger charge is 2.25. The lowest BCUT2D eigenvalue weighted by Gasteiger charge is -2.27. The largest absolute Gasteiger partial charge is 0.482 e. The number of carbonyl (C=O) groups excluding carboxylic acids is 1. The Bertz CT molecular complexity index is 862. The summed E-state index contributed by atoms with van der Waals surface area (Å²) in [6, 6.07) is 15.8. The van der Waals surface area contributed by atoms with Crippen molar-refractivity contribution in [3.05, 3.63) is 72.3 Å². The van der Waals surface area contributed by atoms with Crippen molar-refractivity contribution in [1.29, 1.82) is 0 Å². The Balaban J connectivity index is 1.84. The maximum absolute atomic E-state index is 11.9. The average Bonchev–Trinajstić information content (AvgIpc) is 3.14. The third kappa shape index (κ3) is 2.42. The van der Waals surface area contributed by atoms with Gasteiger partial charge in [-0.05, 0) is 23.3 Å². The number of nitrogens with zero attached hydrogens (tertiary/aromatic N) is 4. The van der Waals surface area contributed by atoms with Crippen LogP contribution >= 0.6 is 0 Å². The molecule has 0 saturated heterocycles. The van der Waals surface area contributed by atoms with Crippen molar-refractivity contribution in [3.8, 4) is 5.75 Å². The number of aromatic nitrogens is 3. The molecule has 6 heteroatoms. The van der Waals surface area contributed by atoms with Crippen LogP contribution in [0.1, 0.15) is 17.2 Å². The van der Waals surface area contributed by atoms with Crippen LogP contribution in [0.5, 0.6) is 5.75 Å². The van der Waals surface area contributed by atoms with Gasteiger partial charge in [0.2, 0.25) is 0 Å². The van der Waals surface area contributed by atoms with Crippen LogP contribution in [0.15, 0.2) is 61.2 Å². The van der Waals surface area contributed by atoms with Crippen LogP contribution < -0.4 is 9.64 Å². The summed E-state index contributed by atoms with van der Waals surface area (Å²) in [7, 11) is 1.76. The summed E-state index contributed by atoms with van der Waals surface area (Å²) in [6.07, 6.45) is 3.22. The van der Waals surface area contributed by atoms with Crippen molar-refractivity contribution in [3.63, 3.8) is 0 Å². The highest BCUT2D eigenvalue weighted by molar-refractivity contribution is 5.97. The summed E-state index contributed by atoms with van der Waals surface area (Å²) in [5, 5.41) is 4.31. The molecule has 120 valence electrons. The van der Waals surface area contributed by atoms with Crippen molar-refractivity contribution < 1.29 is 9.53 Å². The number of rotatable bonds is 3. The second kappa shape index (κ2) is 5.81. The van der Waals surface area contributed by atoms with Crippen molar-refractivity contribution in [2.45, 2.75) is 6.04 Å².